The monoisotopic (exact) mass is 260 g/mol. The third kappa shape index (κ3) is 11.0. The van der Waals surface area contributed by atoms with Gasteiger partial charge in [0, 0.05) is 0 Å². The second-order valence-electron chi connectivity index (χ2n) is 8.27. The Kier molecular flexibility index (Phi) is 8.43. The van der Waals surface area contributed by atoms with Crippen LogP contribution in [-0.2, 0) is 4.89 Å². The second-order valence-corrected chi connectivity index (χ2v) is 8.27. The maximum absolute atomic E-state index is 7.90. The average Bonchev–Trinajstić information content (AvgIpc) is 2.13. The Morgan fingerprint density at radius 2 is 1.22 bits per heavy atom. The highest BCUT2D eigenvalue weighted by molar-refractivity contribution is 4.82. The van der Waals surface area contributed by atoms with Gasteiger partial charge in [0.25, 0.3) is 0 Å². The Bertz CT molecular complexity index is 204. The van der Waals surface area contributed by atoms with Crippen LogP contribution in [0.25, 0.3) is 0 Å². The first kappa shape index (κ1) is 20.2. The summed E-state index contributed by atoms with van der Waals surface area (Å²) in [6, 6.07) is 0. The van der Waals surface area contributed by atoms with Crippen LogP contribution >= 0.6 is 0 Å². The fourth-order valence-corrected chi connectivity index (χ4v) is 1.02. The first-order valence-corrected chi connectivity index (χ1v) is 7.05. The highest BCUT2D eigenvalue weighted by Gasteiger charge is 2.31. The van der Waals surface area contributed by atoms with Crippen molar-refractivity contribution < 1.29 is 10.1 Å². The summed E-state index contributed by atoms with van der Waals surface area (Å²) >= 11 is 0. The molecule has 18 heavy (non-hydrogen) atoms. The van der Waals surface area contributed by atoms with E-state index in [4.69, 9.17) is 5.26 Å². The summed E-state index contributed by atoms with van der Waals surface area (Å²) < 4.78 is 0. The van der Waals surface area contributed by atoms with Crippen molar-refractivity contribution in [1.82, 2.24) is 0 Å². The minimum atomic E-state index is -0.403. The number of rotatable bonds is 3. The van der Waals surface area contributed by atoms with Crippen molar-refractivity contribution >= 4 is 0 Å². The zero-order valence-electron chi connectivity index (χ0n) is 14.3. The van der Waals surface area contributed by atoms with E-state index in [1.807, 2.05) is 0 Å². The van der Waals surface area contributed by atoms with Gasteiger partial charge in [-0.1, -0.05) is 54.9 Å². The van der Waals surface area contributed by atoms with Crippen molar-refractivity contribution in [3.63, 3.8) is 0 Å². The van der Waals surface area contributed by atoms with Gasteiger partial charge in [0.15, 0.2) is 0 Å². The molecule has 112 valence electrons. The lowest BCUT2D eigenvalue weighted by atomic mass is 9.66. The van der Waals surface area contributed by atoms with Gasteiger partial charge < -0.3 is 0 Å². The SMILES string of the molecule is CC(C)(C)OO.CC(C)CCC(C)(C)C(C)(C)C. The van der Waals surface area contributed by atoms with Crippen LogP contribution in [0.2, 0.25) is 0 Å². The molecule has 0 rings (SSSR count). The molecule has 0 atom stereocenters. The first-order chi connectivity index (χ1) is 7.73. The Balaban J connectivity index is 0. The van der Waals surface area contributed by atoms with Gasteiger partial charge in [-0.15, -0.1) is 0 Å². The third-order valence-corrected chi connectivity index (χ3v) is 3.65. The molecule has 0 spiro atoms. The zero-order valence-corrected chi connectivity index (χ0v) is 14.3. The van der Waals surface area contributed by atoms with Crippen LogP contribution in [0.3, 0.4) is 0 Å². The van der Waals surface area contributed by atoms with Crippen LogP contribution in [0.5, 0.6) is 0 Å². The van der Waals surface area contributed by atoms with E-state index in [1.165, 1.54) is 12.8 Å². The van der Waals surface area contributed by atoms with E-state index in [9.17, 15) is 0 Å². The summed E-state index contributed by atoms with van der Waals surface area (Å²) in [5.41, 5.74) is 0.499. The molecular formula is C16H36O2. The van der Waals surface area contributed by atoms with Gasteiger partial charge in [0.05, 0.1) is 5.60 Å². The summed E-state index contributed by atoms with van der Waals surface area (Å²) in [5.74, 6) is 0.839. The fourth-order valence-electron chi connectivity index (χ4n) is 1.02. The topological polar surface area (TPSA) is 29.5 Å². The van der Waals surface area contributed by atoms with E-state index >= 15 is 0 Å². The van der Waals surface area contributed by atoms with Crippen molar-refractivity contribution in [2.75, 3.05) is 0 Å². The average molecular weight is 260 g/mol. The molecule has 1 N–H and O–H groups in total. The van der Waals surface area contributed by atoms with Crippen molar-refractivity contribution in [2.45, 2.75) is 87.7 Å². The Hall–Kier alpha value is -0.0800. The van der Waals surface area contributed by atoms with Gasteiger partial charge >= 0.3 is 0 Å². The molecule has 0 bridgehead atoms. The molecular weight excluding hydrogens is 224 g/mol. The highest BCUT2D eigenvalue weighted by atomic mass is 17.1. The van der Waals surface area contributed by atoms with Gasteiger partial charge in [-0.3, -0.25) is 5.26 Å². The molecule has 0 aliphatic carbocycles. The third-order valence-electron chi connectivity index (χ3n) is 3.65. The van der Waals surface area contributed by atoms with E-state index in [-0.39, 0.29) is 0 Å². The molecule has 0 amide bonds. The first-order valence-electron chi connectivity index (χ1n) is 7.05. The highest BCUT2D eigenvalue weighted by Crippen LogP contribution is 2.42. The van der Waals surface area contributed by atoms with Gasteiger partial charge in [0.2, 0.25) is 0 Å². The Labute approximate surface area is 115 Å². The zero-order chi connectivity index (χ0) is 15.2. The molecule has 2 heteroatoms. The lowest BCUT2D eigenvalue weighted by Crippen LogP contribution is -2.29. The summed E-state index contributed by atoms with van der Waals surface area (Å²) in [7, 11) is 0. The largest absolute Gasteiger partial charge is 0.251 e. The molecule has 0 saturated heterocycles. The van der Waals surface area contributed by atoms with E-state index < -0.39 is 5.60 Å². The number of hydrogen-bond donors (Lipinski definition) is 1. The molecule has 0 heterocycles. The molecule has 0 aliphatic heterocycles. The second kappa shape index (κ2) is 7.49. The van der Waals surface area contributed by atoms with E-state index in [2.05, 4.69) is 53.4 Å². The van der Waals surface area contributed by atoms with Crippen molar-refractivity contribution in [3.05, 3.63) is 0 Å². The van der Waals surface area contributed by atoms with Crippen molar-refractivity contribution in [1.29, 1.82) is 0 Å². The quantitative estimate of drug-likeness (QED) is 0.515. The number of hydrogen-bond acceptors (Lipinski definition) is 2. The molecule has 0 aromatic rings. The normalized spacial score (nSPS) is 13.3. The minimum absolute atomic E-state index is 0.403. The van der Waals surface area contributed by atoms with Gasteiger partial charge in [-0.05, 0) is 43.9 Å². The molecule has 0 aliphatic rings. The van der Waals surface area contributed by atoms with Crippen molar-refractivity contribution in [2.24, 2.45) is 16.7 Å². The maximum atomic E-state index is 7.90. The molecule has 0 radical (unpaired) electrons. The Morgan fingerprint density at radius 3 is 1.39 bits per heavy atom. The van der Waals surface area contributed by atoms with Crippen LogP contribution in [0.15, 0.2) is 0 Å². The molecule has 0 aromatic carbocycles. The molecule has 0 saturated carbocycles. The summed E-state index contributed by atoms with van der Waals surface area (Å²) in [6.45, 7) is 21.7. The van der Waals surface area contributed by atoms with Crippen LogP contribution in [0, 0.1) is 16.7 Å². The molecule has 0 fully saturated rings. The summed E-state index contributed by atoms with van der Waals surface area (Å²) in [4.78, 5) is 3.94. The standard InChI is InChI=1S/C12H26.C4H10O2/c1-10(2)8-9-12(6,7)11(3,4)5;1-4(2,3)6-5/h10H,8-9H2,1-7H3;5H,1-3H3. The van der Waals surface area contributed by atoms with Crippen LogP contribution in [-0.4, -0.2) is 10.9 Å². The predicted molar refractivity (Wildman–Crippen MR) is 80.8 cm³/mol. The Morgan fingerprint density at radius 1 is 0.889 bits per heavy atom. The van der Waals surface area contributed by atoms with E-state index in [1.54, 1.807) is 20.8 Å². The lowest BCUT2D eigenvalue weighted by Gasteiger charge is -2.39. The fraction of sp³-hybridized carbons (Fsp3) is 1.00. The maximum Gasteiger partial charge on any atom is 0.0949 e. The van der Waals surface area contributed by atoms with E-state index in [0.717, 1.165) is 5.92 Å². The lowest BCUT2D eigenvalue weighted by molar-refractivity contribution is -0.306. The van der Waals surface area contributed by atoms with Crippen LogP contribution in [0.1, 0.15) is 82.1 Å². The molecule has 2 nitrogen and oxygen atoms in total. The smallest absolute Gasteiger partial charge is 0.0949 e. The van der Waals surface area contributed by atoms with E-state index in [0.29, 0.717) is 10.8 Å². The van der Waals surface area contributed by atoms with Crippen LogP contribution in [0.4, 0.5) is 0 Å². The molecule has 0 unspecified atom stereocenters. The predicted octanol–water partition coefficient (Wildman–Crippen LogP) is 5.77. The van der Waals surface area contributed by atoms with Crippen LogP contribution < -0.4 is 0 Å². The summed E-state index contributed by atoms with van der Waals surface area (Å²) in [6.07, 6.45) is 2.69. The summed E-state index contributed by atoms with van der Waals surface area (Å²) in [5, 5.41) is 7.90. The minimum Gasteiger partial charge on any atom is -0.251 e. The van der Waals surface area contributed by atoms with Gasteiger partial charge in [0.1, 0.15) is 0 Å². The molecule has 0 aromatic heterocycles. The van der Waals surface area contributed by atoms with Gasteiger partial charge in [-0.2, -0.15) is 0 Å². The van der Waals surface area contributed by atoms with Gasteiger partial charge in [-0.25, -0.2) is 4.89 Å². The van der Waals surface area contributed by atoms with Crippen molar-refractivity contribution in [3.8, 4) is 0 Å².